The molecule has 18 valence electrons. The molecule has 0 aromatic carbocycles. The molecule has 0 rings (SSSR count). The normalized spacial score (nSPS) is 0. The molecular formula is H2Br2Na2. The summed E-state index contributed by atoms with van der Waals surface area (Å²) >= 11 is 0. The maximum absolute atomic E-state index is 0. The van der Waals surface area contributed by atoms with Crippen molar-refractivity contribution in [3.05, 3.63) is 0 Å². The van der Waals surface area contributed by atoms with Gasteiger partial charge in [0.05, 0.1) is 0 Å². The molecule has 0 fully saturated rings. The first-order valence-corrected chi connectivity index (χ1v) is 0. The molecule has 0 spiro atoms. The topological polar surface area (TPSA) is 0 Å². The van der Waals surface area contributed by atoms with E-state index in [0.717, 1.165) is 0 Å². The summed E-state index contributed by atoms with van der Waals surface area (Å²) in [6.45, 7) is 0. The van der Waals surface area contributed by atoms with Crippen LogP contribution in [0.5, 0.6) is 0 Å². The summed E-state index contributed by atoms with van der Waals surface area (Å²) in [6.07, 6.45) is 0. The molecule has 0 heterocycles. The van der Waals surface area contributed by atoms with Gasteiger partial charge < -0.3 is 0 Å². The van der Waals surface area contributed by atoms with Crippen molar-refractivity contribution in [2.75, 3.05) is 0 Å². The summed E-state index contributed by atoms with van der Waals surface area (Å²) in [4.78, 5) is 0. The third kappa shape index (κ3) is 8.88. The fourth-order valence-corrected chi connectivity index (χ4v) is 0. The second-order valence-corrected chi connectivity index (χ2v) is 0. The van der Waals surface area contributed by atoms with E-state index in [2.05, 4.69) is 0 Å². The van der Waals surface area contributed by atoms with Crippen molar-refractivity contribution in [3.63, 3.8) is 0 Å². The van der Waals surface area contributed by atoms with E-state index >= 15 is 0 Å². The smallest absolute Gasteiger partial charge is 0 e. The molecule has 0 nitrogen and oxygen atoms in total. The SMILES string of the molecule is Br.Br.[Na].[Na]. The summed E-state index contributed by atoms with van der Waals surface area (Å²) in [6, 6.07) is 0. The van der Waals surface area contributed by atoms with Crippen molar-refractivity contribution in [1.29, 1.82) is 0 Å². The van der Waals surface area contributed by atoms with E-state index < -0.39 is 0 Å². The van der Waals surface area contributed by atoms with Crippen LogP contribution in [0, 0.1) is 0 Å². The van der Waals surface area contributed by atoms with Crippen LogP contribution in [0.25, 0.3) is 0 Å². The van der Waals surface area contributed by atoms with E-state index in [-0.39, 0.29) is 93.1 Å². The number of rotatable bonds is 0. The van der Waals surface area contributed by atoms with Crippen LogP contribution in [0.3, 0.4) is 0 Å². The Morgan fingerprint density at radius 2 is 0.500 bits per heavy atom. The zero-order chi connectivity index (χ0) is 0. The van der Waals surface area contributed by atoms with Gasteiger partial charge in [-0.15, -0.1) is 34.0 Å². The van der Waals surface area contributed by atoms with Crippen molar-refractivity contribution in [3.8, 4) is 0 Å². The molecule has 0 unspecified atom stereocenters. The summed E-state index contributed by atoms with van der Waals surface area (Å²) in [7, 11) is 0. The Morgan fingerprint density at radius 1 is 0.500 bits per heavy atom. The second-order valence-electron chi connectivity index (χ2n) is 0. The monoisotopic (exact) mass is 206 g/mol. The molecule has 0 aromatic heterocycles. The van der Waals surface area contributed by atoms with Gasteiger partial charge >= 0.3 is 0 Å². The molecule has 0 aliphatic carbocycles. The van der Waals surface area contributed by atoms with E-state index in [0.29, 0.717) is 0 Å². The fraction of sp³-hybridized carbons (Fsp3) is 0. The first-order valence-electron chi connectivity index (χ1n) is 0. The van der Waals surface area contributed by atoms with Gasteiger partial charge in [-0.1, -0.05) is 0 Å². The Morgan fingerprint density at radius 3 is 0.500 bits per heavy atom. The molecule has 0 aliphatic heterocycles. The van der Waals surface area contributed by atoms with Crippen LogP contribution in [0.4, 0.5) is 0 Å². The molecule has 0 amide bonds. The summed E-state index contributed by atoms with van der Waals surface area (Å²) in [5, 5.41) is 0. The Hall–Kier alpha value is 2.96. The number of hydrogen-bond donors (Lipinski definition) is 0. The molecule has 0 bridgehead atoms. The number of halogens is 2. The van der Waals surface area contributed by atoms with E-state index in [1.807, 2.05) is 0 Å². The Bertz CT molecular complexity index is 4.00. The van der Waals surface area contributed by atoms with Gasteiger partial charge in [0.2, 0.25) is 0 Å². The number of hydrogen-bond acceptors (Lipinski definition) is 0. The molecule has 0 atom stereocenters. The second kappa shape index (κ2) is 16.7. The predicted molar refractivity (Wildman–Crippen MR) is 32.2 cm³/mol. The first kappa shape index (κ1) is 28.2. The standard InChI is InChI=1S/2BrH.2Na/h2*1H;;. The largest absolute Gasteiger partial charge is 0.114 e. The minimum absolute atomic E-state index is 0. The molecule has 4 heteroatoms. The quantitative estimate of drug-likeness (QED) is 0.505. The molecule has 0 saturated carbocycles. The van der Waals surface area contributed by atoms with Crippen LogP contribution < -0.4 is 0 Å². The predicted octanol–water partition coefficient (Wildman–Crippen LogP) is 0.394. The summed E-state index contributed by atoms with van der Waals surface area (Å²) in [5.74, 6) is 0. The molecule has 4 heavy (non-hydrogen) atoms. The minimum atomic E-state index is 0. The average molecular weight is 208 g/mol. The molecular weight excluding hydrogens is 206 g/mol. The maximum Gasteiger partial charge on any atom is 0 e. The molecule has 0 aromatic rings. The van der Waals surface area contributed by atoms with Crippen molar-refractivity contribution < 1.29 is 0 Å². The van der Waals surface area contributed by atoms with Gasteiger partial charge in [0.1, 0.15) is 0 Å². The van der Waals surface area contributed by atoms with Crippen LogP contribution in [-0.2, 0) is 0 Å². The third-order valence-corrected chi connectivity index (χ3v) is 0. The van der Waals surface area contributed by atoms with Gasteiger partial charge in [-0.2, -0.15) is 0 Å². The molecule has 2 radical (unpaired) electrons. The zero-order valence-electron chi connectivity index (χ0n) is 2.82. The van der Waals surface area contributed by atoms with Gasteiger partial charge in [-0.3, -0.25) is 0 Å². The van der Waals surface area contributed by atoms with Gasteiger partial charge in [0.15, 0.2) is 0 Å². The van der Waals surface area contributed by atoms with Crippen LogP contribution in [0.2, 0.25) is 0 Å². The fourth-order valence-electron chi connectivity index (χ4n) is 0. The van der Waals surface area contributed by atoms with Crippen LogP contribution in [0.1, 0.15) is 0 Å². The first-order chi connectivity index (χ1) is 0. The van der Waals surface area contributed by atoms with Crippen molar-refractivity contribution in [1.82, 2.24) is 0 Å². The third-order valence-electron chi connectivity index (χ3n) is 0. The Labute approximate surface area is 91.2 Å². The minimum Gasteiger partial charge on any atom is -0.114 e. The van der Waals surface area contributed by atoms with Crippen LogP contribution in [-0.4, -0.2) is 59.1 Å². The summed E-state index contributed by atoms with van der Waals surface area (Å²) in [5.41, 5.74) is 0. The summed E-state index contributed by atoms with van der Waals surface area (Å²) < 4.78 is 0. The molecule has 0 saturated heterocycles. The van der Waals surface area contributed by atoms with Crippen LogP contribution >= 0.6 is 34.0 Å². The average Bonchev–Trinajstić information content (AvgIpc) is 0. The van der Waals surface area contributed by atoms with Crippen molar-refractivity contribution in [2.24, 2.45) is 0 Å². The Kier molecular flexibility index (Phi) is 118. The van der Waals surface area contributed by atoms with E-state index in [1.54, 1.807) is 0 Å². The maximum atomic E-state index is 0. The molecule has 0 aliphatic rings. The van der Waals surface area contributed by atoms with E-state index in [9.17, 15) is 0 Å². The van der Waals surface area contributed by atoms with E-state index in [1.165, 1.54) is 0 Å². The van der Waals surface area contributed by atoms with Crippen molar-refractivity contribution >= 4 is 93.1 Å². The van der Waals surface area contributed by atoms with Gasteiger partial charge in [0.25, 0.3) is 0 Å². The zero-order valence-corrected chi connectivity index (χ0v) is 10.2. The van der Waals surface area contributed by atoms with E-state index in [4.69, 9.17) is 0 Å². The van der Waals surface area contributed by atoms with Crippen molar-refractivity contribution in [2.45, 2.75) is 0 Å². The van der Waals surface area contributed by atoms with Gasteiger partial charge in [-0.25, -0.2) is 0 Å². The molecule has 0 N–H and O–H groups in total. The van der Waals surface area contributed by atoms with Gasteiger partial charge in [0, 0.05) is 59.1 Å². The Balaban J connectivity index is 0. The van der Waals surface area contributed by atoms with Crippen LogP contribution in [0.15, 0.2) is 0 Å². The van der Waals surface area contributed by atoms with Gasteiger partial charge in [-0.05, 0) is 0 Å².